The van der Waals surface area contributed by atoms with Crippen molar-refractivity contribution in [3.05, 3.63) is 70.0 Å². The second-order valence-corrected chi connectivity index (χ2v) is 7.62. The molecule has 10 heteroatoms. The first-order valence-corrected chi connectivity index (χ1v) is 10.5. The smallest absolute Gasteiger partial charge is 0.325 e. The zero-order valence-corrected chi connectivity index (χ0v) is 17.9. The molecule has 3 aromatic rings. The second-order valence-electron chi connectivity index (χ2n) is 7.62. The molecule has 0 radical (unpaired) electrons. The van der Waals surface area contributed by atoms with Crippen molar-refractivity contribution in [2.75, 3.05) is 11.9 Å². The third-order valence-electron chi connectivity index (χ3n) is 5.33. The number of amides is 2. The van der Waals surface area contributed by atoms with E-state index < -0.39 is 23.8 Å². The maximum Gasteiger partial charge on any atom is 0.325 e. The lowest BCUT2D eigenvalue weighted by molar-refractivity contribution is -0.137. The van der Waals surface area contributed by atoms with Crippen molar-refractivity contribution >= 4 is 34.4 Å². The van der Waals surface area contributed by atoms with Gasteiger partial charge < -0.3 is 10.4 Å². The van der Waals surface area contributed by atoms with Gasteiger partial charge in [-0.25, -0.2) is 4.68 Å². The number of anilines is 1. The number of carboxylic acid groups (broad SMARTS) is 1. The van der Waals surface area contributed by atoms with Crippen LogP contribution < -0.4 is 10.9 Å². The highest BCUT2D eigenvalue weighted by Gasteiger charge is 2.36. The van der Waals surface area contributed by atoms with Crippen molar-refractivity contribution in [3.63, 3.8) is 0 Å². The Hall–Kier alpha value is -4.05. The number of aliphatic carboxylic acids is 1. The largest absolute Gasteiger partial charge is 0.480 e. The lowest BCUT2D eigenvalue weighted by Gasteiger charge is -2.15. The van der Waals surface area contributed by atoms with Crippen molar-refractivity contribution in [1.29, 1.82) is 0 Å². The standard InChI is InChI=1S/C23H22N4O6/c1-14(23(31)32)24-19-15-8-2-3-9-16(15)20(28)26(25-19)12-6-7-13-33-27-21(29)17-10-4-5-11-18(17)22(27)30/h2-5,8-11,14H,6-7,12-13H2,1H3,(H,24,25)(H,31,32). The van der Waals surface area contributed by atoms with Crippen LogP contribution in [0.2, 0.25) is 0 Å². The number of imide groups is 1. The van der Waals surface area contributed by atoms with Gasteiger partial charge in [0.1, 0.15) is 6.04 Å². The van der Waals surface area contributed by atoms with E-state index in [1.165, 1.54) is 11.6 Å². The van der Waals surface area contributed by atoms with Gasteiger partial charge >= 0.3 is 5.97 Å². The predicted molar refractivity (Wildman–Crippen MR) is 119 cm³/mol. The number of carbonyl (C=O) groups is 3. The van der Waals surface area contributed by atoms with Gasteiger partial charge in [0, 0.05) is 11.9 Å². The van der Waals surface area contributed by atoms with Gasteiger partial charge in [-0.2, -0.15) is 5.10 Å². The van der Waals surface area contributed by atoms with Gasteiger partial charge in [0.15, 0.2) is 5.82 Å². The minimum absolute atomic E-state index is 0.106. The Morgan fingerprint density at radius 2 is 1.61 bits per heavy atom. The number of carbonyl (C=O) groups excluding carboxylic acids is 2. The highest BCUT2D eigenvalue weighted by atomic mass is 16.7. The van der Waals surface area contributed by atoms with Gasteiger partial charge in [-0.3, -0.25) is 24.0 Å². The topological polar surface area (TPSA) is 131 Å². The Kier molecular flexibility index (Phi) is 6.18. The first-order chi connectivity index (χ1) is 15.9. The molecular formula is C23H22N4O6. The number of carboxylic acids is 1. The van der Waals surface area contributed by atoms with Gasteiger partial charge in [0.05, 0.1) is 23.1 Å². The number of hydroxylamine groups is 2. The molecule has 1 aliphatic rings. The Balaban J connectivity index is 1.40. The van der Waals surface area contributed by atoms with E-state index in [9.17, 15) is 24.3 Å². The van der Waals surface area contributed by atoms with Crippen LogP contribution in [0.25, 0.3) is 10.8 Å². The monoisotopic (exact) mass is 450 g/mol. The summed E-state index contributed by atoms with van der Waals surface area (Å²) in [6.45, 7) is 1.85. The van der Waals surface area contributed by atoms with Gasteiger partial charge in [-0.1, -0.05) is 30.3 Å². The molecule has 0 bridgehead atoms. The molecular weight excluding hydrogens is 428 g/mol. The van der Waals surface area contributed by atoms with Crippen LogP contribution in [-0.2, 0) is 16.2 Å². The summed E-state index contributed by atoms with van der Waals surface area (Å²) < 4.78 is 1.28. The Labute approximate surface area is 188 Å². The van der Waals surface area contributed by atoms with Crippen LogP contribution in [0.1, 0.15) is 40.5 Å². The van der Waals surface area contributed by atoms with Crippen molar-refractivity contribution in [2.45, 2.75) is 32.4 Å². The molecule has 1 atom stereocenters. The Morgan fingerprint density at radius 3 is 2.24 bits per heavy atom. The summed E-state index contributed by atoms with van der Waals surface area (Å²) in [5.74, 6) is -1.72. The fourth-order valence-corrected chi connectivity index (χ4v) is 3.56. The van der Waals surface area contributed by atoms with E-state index in [2.05, 4.69) is 10.4 Å². The molecule has 2 aromatic carbocycles. The first kappa shape index (κ1) is 22.2. The van der Waals surface area contributed by atoms with Crippen LogP contribution in [0.15, 0.2) is 53.3 Å². The summed E-state index contributed by atoms with van der Waals surface area (Å²) in [6.07, 6.45) is 0.949. The van der Waals surface area contributed by atoms with Crippen molar-refractivity contribution in [1.82, 2.24) is 14.8 Å². The van der Waals surface area contributed by atoms with Crippen LogP contribution in [-0.4, -0.2) is 50.4 Å². The lowest BCUT2D eigenvalue weighted by Crippen LogP contribution is -2.31. The van der Waals surface area contributed by atoms with Gasteiger partial charge in [-0.05, 0) is 38.0 Å². The van der Waals surface area contributed by atoms with Crippen LogP contribution in [0, 0.1) is 0 Å². The summed E-state index contributed by atoms with van der Waals surface area (Å²) in [5.41, 5.74) is 0.329. The van der Waals surface area contributed by atoms with Crippen molar-refractivity contribution in [3.8, 4) is 0 Å². The number of nitrogens with one attached hydrogen (secondary N) is 1. The lowest BCUT2D eigenvalue weighted by atomic mass is 10.1. The van der Waals surface area contributed by atoms with Crippen LogP contribution in [0.5, 0.6) is 0 Å². The number of hydrogen-bond acceptors (Lipinski definition) is 7. The maximum absolute atomic E-state index is 12.8. The van der Waals surface area contributed by atoms with Crippen molar-refractivity contribution in [2.24, 2.45) is 0 Å². The van der Waals surface area contributed by atoms with Crippen LogP contribution in [0.4, 0.5) is 5.82 Å². The average Bonchev–Trinajstić information content (AvgIpc) is 3.06. The molecule has 2 N–H and O–H groups in total. The predicted octanol–water partition coefficient (Wildman–Crippen LogP) is 2.29. The SMILES string of the molecule is CC(Nc1nn(CCCCON2C(=O)c3ccccc3C2=O)c(=O)c2ccccc12)C(=O)O. The molecule has 2 amide bonds. The highest BCUT2D eigenvalue weighted by Crippen LogP contribution is 2.23. The van der Waals surface area contributed by atoms with E-state index in [1.807, 2.05) is 0 Å². The fraction of sp³-hybridized carbons (Fsp3) is 0.261. The van der Waals surface area contributed by atoms with E-state index >= 15 is 0 Å². The molecule has 10 nitrogen and oxygen atoms in total. The Bertz CT molecular complexity index is 1270. The van der Waals surface area contributed by atoms with Gasteiger partial charge in [0.25, 0.3) is 17.4 Å². The van der Waals surface area contributed by atoms with E-state index in [-0.39, 0.29) is 18.7 Å². The summed E-state index contributed by atoms with van der Waals surface area (Å²) in [7, 11) is 0. The van der Waals surface area contributed by atoms with E-state index in [1.54, 1.807) is 48.5 Å². The molecule has 1 aromatic heterocycles. The molecule has 1 unspecified atom stereocenters. The molecule has 33 heavy (non-hydrogen) atoms. The number of benzene rings is 2. The number of aromatic nitrogens is 2. The average molecular weight is 450 g/mol. The van der Waals surface area contributed by atoms with Gasteiger partial charge in [0.2, 0.25) is 0 Å². The third-order valence-corrected chi connectivity index (χ3v) is 5.33. The van der Waals surface area contributed by atoms with Gasteiger partial charge in [-0.15, -0.1) is 5.06 Å². The van der Waals surface area contributed by atoms with E-state index in [0.29, 0.717) is 40.6 Å². The molecule has 0 spiro atoms. The summed E-state index contributed by atoms with van der Waals surface area (Å²) >= 11 is 0. The normalized spacial score (nSPS) is 13.9. The third kappa shape index (κ3) is 4.33. The van der Waals surface area contributed by atoms with Crippen LogP contribution in [0.3, 0.4) is 0 Å². The van der Waals surface area contributed by atoms with E-state index in [4.69, 9.17) is 4.84 Å². The minimum Gasteiger partial charge on any atom is -0.480 e. The van der Waals surface area contributed by atoms with E-state index in [0.717, 1.165) is 5.06 Å². The maximum atomic E-state index is 12.8. The number of aryl methyl sites for hydroxylation is 1. The molecule has 1 aliphatic heterocycles. The number of fused-ring (bicyclic) bond motifs is 2. The molecule has 2 heterocycles. The first-order valence-electron chi connectivity index (χ1n) is 10.5. The molecule has 0 saturated carbocycles. The molecule has 170 valence electrons. The zero-order valence-electron chi connectivity index (χ0n) is 17.9. The van der Waals surface area contributed by atoms with Crippen LogP contribution >= 0.6 is 0 Å². The minimum atomic E-state index is -1.04. The fourth-order valence-electron chi connectivity index (χ4n) is 3.56. The second kappa shape index (κ2) is 9.21. The Morgan fingerprint density at radius 1 is 1.00 bits per heavy atom. The zero-order chi connectivity index (χ0) is 23.5. The number of unbranched alkanes of at least 4 members (excludes halogenated alkanes) is 1. The summed E-state index contributed by atoms with van der Waals surface area (Å²) in [6, 6.07) is 12.5. The molecule has 4 rings (SSSR count). The number of nitrogens with zero attached hydrogens (tertiary/aromatic N) is 3. The summed E-state index contributed by atoms with van der Waals surface area (Å²) in [4.78, 5) is 54.1. The van der Waals surface area contributed by atoms with Crippen molar-refractivity contribution < 1.29 is 24.3 Å². The summed E-state index contributed by atoms with van der Waals surface area (Å²) in [5, 5.41) is 18.1. The molecule has 0 saturated heterocycles. The number of hydrogen-bond donors (Lipinski definition) is 2. The molecule has 0 fully saturated rings. The number of rotatable bonds is 9. The molecule has 0 aliphatic carbocycles. The highest BCUT2D eigenvalue weighted by molar-refractivity contribution is 6.20. The quantitative estimate of drug-likeness (QED) is 0.375.